The van der Waals surface area contributed by atoms with Gasteiger partial charge in [0.1, 0.15) is 5.75 Å². The first kappa shape index (κ1) is 22.6. The van der Waals surface area contributed by atoms with Crippen molar-refractivity contribution >= 4 is 28.9 Å². The molecule has 4 aliphatic rings. The Hall–Kier alpha value is -0.627. The molecule has 0 atom stereocenters. The van der Waals surface area contributed by atoms with Crippen molar-refractivity contribution in [3.8, 4) is 5.75 Å². The summed E-state index contributed by atoms with van der Waals surface area (Å²) in [7, 11) is 9.87. The third kappa shape index (κ3) is 4.74. The van der Waals surface area contributed by atoms with Crippen molar-refractivity contribution in [2.75, 3.05) is 0 Å². The van der Waals surface area contributed by atoms with Gasteiger partial charge in [-0.2, -0.15) is 0 Å². The number of aromatic hydroxyl groups is 1. The second-order valence-electron chi connectivity index (χ2n) is 9.61. The number of aryl methyl sites for hydroxylation is 2. The van der Waals surface area contributed by atoms with Crippen LogP contribution in [-0.2, 0) is 26.3 Å². The zero-order valence-corrected chi connectivity index (χ0v) is 21.6. The van der Waals surface area contributed by atoms with Crippen molar-refractivity contribution in [3.05, 3.63) is 58.7 Å². The van der Waals surface area contributed by atoms with Gasteiger partial charge in [0.05, 0.1) is 5.69 Å². The molecule has 0 radical (unpaired) electrons. The van der Waals surface area contributed by atoms with Crippen molar-refractivity contribution in [2.45, 2.75) is 57.8 Å². The van der Waals surface area contributed by atoms with E-state index in [0.29, 0.717) is 5.75 Å². The number of nitrogens with zero attached hydrogens (tertiary/aromatic N) is 1. The molecule has 2 nitrogen and oxygen atoms in total. The molecule has 158 valence electrons. The van der Waals surface area contributed by atoms with Crippen LogP contribution in [0.5, 0.6) is 5.75 Å². The summed E-state index contributed by atoms with van der Waals surface area (Å²) in [6, 6.07) is 12.5. The maximum atomic E-state index is 11.2. The molecule has 0 aromatic heterocycles. The van der Waals surface area contributed by atoms with Crippen LogP contribution in [0.4, 0.5) is 5.69 Å². The number of phenolic OH excluding ortho intramolecular Hbond substituents is 1. The minimum absolute atomic E-state index is 0.206. The quantitative estimate of drug-likeness (QED) is 0.415. The van der Waals surface area contributed by atoms with Gasteiger partial charge >= 0.3 is 37.9 Å². The molecule has 1 N–H and O–H groups in total. The Balaban J connectivity index is 0.000000687. The van der Waals surface area contributed by atoms with E-state index in [1.54, 1.807) is 0 Å². The minimum atomic E-state index is -0.826. The fourth-order valence-electron chi connectivity index (χ4n) is 6.52. The van der Waals surface area contributed by atoms with Gasteiger partial charge in [0.15, 0.2) is 0 Å². The van der Waals surface area contributed by atoms with Crippen molar-refractivity contribution in [2.24, 2.45) is 22.7 Å². The summed E-state index contributed by atoms with van der Waals surface area (Å²) in [4.78, 5) is 4.62. The average molecular weight is 522 g/mol. The Morgan fingerprint density at radius 2 is 1.47 bits per heavy atom. The second-order valence-corrected chi connectivity index (χ2v) is 13.3. The molecular formula is C25H29Cl2NOZr. The summed E-state index contributed by atoms with van der Waals surface area (Å²) in [6.07, 6.45) is 9.92. The molecular weight excluding hydrogens is 492 g/mol. The molecule has 0 aliphatic heterocycles. The first-order valence-corrected chi connectivity index (χ1v) is 17.2. The van der Waals surface area contributed by atoms with Gasteiger partial charge in [-0.3, -0.25) is 4.99 Å². The number of phenols is 1. The van der Waals surface area contributed by atoms with Crippen LogP contribution in [0.3, 0.4) is 0 Å². The zero-order chi connectivity index (χ0) is 21.3. The van der Waals surface area contributed by atoms with E-state index in [-0.39, 0.29) is 5.41 Å². The molecule has 0 unspecified atom stereocenters. The van der Waals surface area contributed by atoms with E-state index in [0.717, 1.165) is 29.0 Å². The van der Waals surface area contributed by atoms with Crippen LogP contribution in [0.2, 0.25) is 0 Å². The number of hydrogen-bond donors (Lipinski definition) is 1. The van der Waals surface area contributed by atoms with Crippen molar-refractivity contribution in [1.82, 2.24) is 0 Å². The Kier molecular flexibility index (Phi) is 7.12. The molecule has 0 saturated heterocycles. The first-order valence-electron chi connectivity index (χ1n) is 10.8. The number of benzene rings is 2. The van der Waals surface area contributed by atoms with Gasteiger partial charge in [0.25, 0.3) is 0 Å². The topological polar surface area (TPSA) is 32.6 Å². The van der Waals surface area contributed by atoms with Crippen molar-refractivity contribution in [1.29, 1.82) is 0 Å². The summed E-state index contributed by atoms with van der Waals surface area (Å²) in [5.41, 5.74) is 5.66. The number of halogens is 2. The van der Waals surface area contributed by atoms with Crippen molar-refractivity contribution < 1.29 is 26.0 Å². The molecule has 4 saturated carbocycles. The molecule has 6 rings (SSSR count). The summed E-state index contributed by atoms with van der Waals surface area (Å²) in [5, 5.41) is 11.2. The SMILES string of the molecule is Cc1ccc(N=Cc2cc(C)cc(C34CC5CC(CC(C5)C3)C4)c2O)cc1.[Cl][Zr][Cl]. The van der Waals surface area contributed by atoms with Gasteiger partial charge in [-0.05, 0) is 99.3 Å². The predicted molar refractivity (Wildman–Crippen MR) is 123 cm³/mol. The fraction of sp³-hybridized carbons (Fsp3) is 0.480. The molecule has 4 bridgehead atoms. The van der Waals surface area contributed by atoms with Crippen LogP contribution in [0, 0.1) is 31.6 Å². The molecule has 2 aromatic carbocycles. The van der Waals surface area contributed by atoms with E-state index >= 15 is 0 Å². The molecule has 0 heterocycles. The Bertz CT molecular complexity index is 890. The van der Waals surface area contributed by atoms with Crippen LogP contribution >= 0.6 is 17.0 Å². The van der Waals surface area contributed by atoms with E-state index in [2.05, 4.69) is 43.1 Å². The third-order valence-corrected chi connectivity index (χ3v) is 7.28. The van der Waals surface area contributed by atoms with Gasteiger partial charge in [0, 0.05) is 17.3 Å². The molecule has 5 heteroatoms. The van der Waals surface area contributed by atoms with Gasteiger partial charge in [0.2, 0.25) is 0 Å². The standard InChI is InChI=1S/C25H29NO.2ClH.Zr/c1-16-3-5-22(6-4-16)26-15-21-7-17(2)8-23(24(21)27)25-12-18-9-19(13-25)11-20(10-18)14-25;;;/h3-8,15,18-20,27H,9-14H2,1-2H3;2*1H;/q;;;+2/p-2. The maximum absolute atomic E-state index is 11.2. The van der Waals surface area contributed by atoms with Crippen LogP contribution in [-0.4, -0.2) is 11.3 Å². The third-order valence-electron chi connectivity index (χ3n) is 7.28. The first-order chi connectivity index (χ1) is 14.4. The van der Waals surface area contributed by atoms with E-state index in [4.69, 9.17) is 17.0 Å². The van der Waals surface area contributed by atoms with Crippen LogP contribution < -0.4 is 0 Å². The Morgan fingerprint density at radius 1 is 0.933 bits per heavy atom. The van der Waals surface area contributed by atoms with E-state index in [1.165, 1.54) is 55.2 Å². The summed E-state index contributed by atoms with van der Waals surface area (Å²) in [5.74, 6) is 3.10. The van der Waals surface area contributed by atoms with Gasteiger partial charge in [-0.1, -0.05) is 23.8 Å². The summed E-state index contributed by atoms with van der Waals surface area (Å²) < 4.78 is 0. The van der Waals surface area contributed by atoms with Gasteiger partial charge in [-0.25, -0.2) is 0 Å². The van der Waals surface area contributed by atoms with Crippen molar-refractivity contribution in [3.63, 3.8) is 0 Å². The number of aliphatic imine (C=N–C) groups is 1. The summed E-state index contributed by atoms with van der Waals surface area (Å²) in [6.45, 7) is 4.23. The zero-order valence-electron chi connectivity index (χ0n) is 17.7. The molecule has 0 spiro atoms. The Morgan fingerprint density at radius 3 is 2.00 bits per heavy atom. The van der Waals surface area contributed by atoms with Crippen LogP contribution in [0.1, 0.15) is 60.8 Å². The van der Waals surface area contributed by atoms with Gasteiger partial charge in [-0.15, -0.1) is 0 Å². The second kappa shape index (κ2) is 9.47. The average Bonchev–Trinajstić information content (AvgIpc) is 2.69. The van der Waals surface area contributed by atoms with E-state index in [1.807, 2.05) is 18.3 Å². The normalized spacial score (nSPS) is 29.0. The molecule has 30 heavy (non-hydrogen) atoms. The molecule has 0 amide bonds. The van der Waals surface area contributed by atoms with E-state index < -0.39 is 20.8 Å². The molecule has 4 fully saturated rings. The number of rotatable bonds is 3. The monoisotopic (exact) mass is 519 g/mol. The van der Waals surface area contributed by atoms with E-state index in [9.17, 15) is 5.11 Å². The predicted octanol–water partition coefficient (Wildman–Crippen LogP) is 7.60. The molecule has 2 aromatic rings. The summed E-state index contributed by atoms with van der Waals surface area (Å²) >= 11 is -0.826. The Labute approximate surface area is 198 Å². The fourth-order valence-corrected chi connectivity index (χ4v) is 6.52. The van der Waals surface area contributed by atoms with Gasteiger partial charge < -0.3 is 5.11 Å². The number of hydrogen-bond acceptors (Lipinski definition) is 2. The van der Waals surface area contributed by atoms with Crippen LogP contribution in [0.15, 0.2) is 41.4 Å². The molecule has 4 aliphatic carbocycles. The van der Waals surface area contributed by atoms with Crippen LogP contribution in [0.25, 0.3) is 0 Å².